The molecule has 4 nitrogen and oxygen atoms in total. The smallest absolute Gasteiger partial charge is 0.214 e. The molecule has 0 atom stereocenters. The van der Waals surface area contributed by atoms with E-state index in [0.29, 0.717) is 13.0 Å². The molecule has 5 heteroatoms. The van der Waals surface area contributed by atoms with Crippen LogP contribution < -0.4 is 0 Å². The quantitative estimate of drug-likeness (QED) is 0.816. The lowest BCUT2D eigenvalue weighted by atomic mass is 10.1. The summed E-state index contributed by atoms with van der Waals surface area (Å²) in [7, 11) is -1.66. The maximum absolute atomic E-state index is 12.2. The lowest BCUT2D eigenvalue weighted by Gasteiger charge is -2.19. The van der Waals surface area contributed by atoms with Crippen LogP contribution in [0.3, 0.4) is 0 Å². The van der Waals surface area contributed by atoms with Crippen LogP contribution in [-0.2, 0) is 16.6 Å². The Morgan fingerprint density at radius 1 is 1.29 bits per heavy atom. The third-order valence-electron chi connectivity index (χ3n) is 2.89. The number of sulfonamides is 1. The van der Waals surface area contributed by atoms with Crippen molar-refractivity contribution in [1.29, 1.82) is 0 Å². The van der Waals surface area contributed by atoms with E-state index in [1.807, 2.05) is 38.1 Å². The molecule has 116 valence electrons. The lowest BCUT2D eigenvalue weighted by molar-refractivity contribution is 0.305. The van der Waals surface area contributed by atoms with Crippen molar-refractivity contribution in [2.45, 2.75) is 26.8 Å². The molecule has 0 aromatic heterocycles. The average Bonchev–Trinajstić information content (AvgIpc) is 2.39. The zero-order chi connectivity index (χ0) is 15.9. The van der Waals surface area contributed by atoms with Crippen molar-refractivity contribution in [2.75, 3.05) is 19.4 Å². The third-order valence-corrected chi connectivity index (χ3v) is 5.06. The first kappa shape index (κ1) is 17.7. The summed E-state index contributed by atoms with van der Waals surface area (Å²) in [5.41, 5.74) is 1.68. The molecule has 0 aliphatic carbocycles. The second-order valence-corrected chi connectivity index (χ2v) is 7.48. The molecule has 1 aromatic rings. The van der Waals surface area contributed by atoms with Crippen molar-refractivity contribution in [3.05, 3.63) is 35.4 Å². The molecule has 0 spiro atoms. The van der Waals surface area contributed by atoms with Gasteiger partial charge in [-0.2, -0.15) is 0 Å². The van der Waals surface area contributed by atoms with Crippen LogP contribution in [0.15, 0.2) is 24.3 Å². The molecule has 0 heterocycles. The van der Waals surface area contributed by atoms with E-state index >= 15 is 0 Å². The van der Waals surface area contributed by atoms with Gasteiger partial charge in [-0.05, 0) is 17.5 Å². The van der Waals surface area contributed by atoms with Gasteiger partial charge in [0.2, 0.25) is 10.0 Å². The first-order valence-corrected chi connectivity index (χ1v) is 8.59. The summed E-state index contributed by atoms with van der Waals surface area (Å²) in [6.45, 7) is 4.11. The van der Waals surface area contributed by atoms with E-state index < -0.39 is 10.0 Å². The topological polar surface area (TPSA) is 57.6 Å². The Labute approximate surface area is 127 Å². The minimum Gasteiger partial charge on any atom is -0.395 e. The molecule has 0 radical (unpaired) electrons. The molecule has 0 fully saturated rings. The minimum absolute atomic E-state index is 0.0256. The molecule has 0 saturated heterocycles. The van der Waals surface area contributed by atoms with Gasteiger partial charge in [-0.15, -0.1) is 0 Å². The van der Waals surface area contributed by atoms with Gasteiger partial charge in [0.15, 0.2) is 0 Å². The second-order valence-electron chi connectivity index (χ2n) is 5.36. The largest absolute Gasteiger partial charge is 0.395 e. The van der Waals surface area contributed by atoms with Crippen LogP contribution in [0, 0.1) is 17.8 Å². The highest BCUT2D eigenvalue weighted by Gasteiger charge is 2.20. The number of hydrogen-bond acceptors (Lipinski definition) is 3. The number of benzene rings is 1. The molecule has 21 heavy (non-hydrogen) atoms. The SMILES string of the molecule is CC(C)CS(=O)(=O)N(C)Cc1ccccc1C#CCCO. The summed E-state index contributed by atoms with van der Waals surface area (Å²) in [6, 6.07) is 7.48. The molecule has 0 unspecified atom stereocenters. The zero-order valence-electron chi connectivity index (χ0n) is 12.8. The van der Waals surface area contributed by atoms with Gasteiger partial charge < -0.3 is 5.11 Å². The van der Waals surface area contributed by atoms with E-state index in [0.717, 1.165) is 11.1 Å². The molecule has 0 amide bonds. The van der Waals surface area contributed by atoms with Crippen LogP contribution in [0.2, 0.25) is 0 Å². The molecule has 0 saturated carbocycles. The third kappa shape index (κ3) is 5.88. The highest BCUT2D eigenvalue weighted by molar-refractivity contribution is 7.89. The number of hydrogen-bond donors (Lipinski definition) is 1. The highest BCUT2D eigenvalue weighted by atomic mass is 32.2. The maximum Gasteiger partial charge on any atom is 0.214 e. The van der Waals surface area contributed by atoms with E-state index in [9.17, 15) is 8.42 Å². The molecule has 1 N–H and O–H groups in total. The summed E-state index contributed by atoms with van der Waals surface area (Å²) in [4.78, 5) is 0. The summed E-state index contributed by atoms with van der Waals surface area (Å²) < 4.78 is 25.7. The molecular weight excluding hydrogens is 286 g/mol. The Hall–Kier alpha value is -1.35. The van der Waals surface area contributed by atoms with E-state index in [1.54, 1.807) is 7.05 Å². The van der Waals surface area contributed by atoms with Crippen LogP contribution >= 0.6 is 0 Å². The van der Waals surface area contributed by atoms with Gasteiger partial charge in [0, 0.05) is 25.6 Å². The van der Waals surface area contributed by atoms with Crippen LogP contribution in [0.5, 0.6) is 0 Å². The Morgan fingerprint density at radius 2 is 1.95 bits per heavy atom. The van der Waals surface area contributed by atoms with Crippen LogP contribution in [0.25, 0.3) is 0 Å². The van der Waals surface area contributed by atoms with Crippen LogP contribution in [-0.4, -0.2) is 37.2 Å². The number of aliphatic hydroxyl groups is 1. The molecule has 1 aromatic carbocycles. The van der Waals surface area contributed by atoms with E-state index in [-0.39, 0.29) is 18.3 Å². The lowest BCUT2D eigenvalue weighted by Crippen LogP contribution is -2.30. The average molecular weight is 309 g/mol. The standard InChI is InChI=1S/C16H23NO3S/c1-14(2)13-21(19,20)17(3)12-16-10-5-4-8-15(16)9-6-7-11-18/h4-5,8,10,14,18H,7,11-13H2,1-3H3. The van der Waals surface area contributed by atoms with Crippen LogP contribution in [0.4, 0.5) is 0 Å². The van der Waals surface area contributed by atoms with Gasteiger partial charge in [-0.25, -0.2) is 12.7 Å². The number of aliphatic hydroxyl groups excluding tert-OH is 1. The predicted molar refractivity (Wildman–Crippen MR) is 85.1 cm³/mol. The Bertz CT molecular complexity index is 612. The minimum atomic E-state index is -3.25. The van der Waals surface area contributed by atoms with Gasteiger partial charge in [-0.1, -0.05) is 43.9 Å². The first-order chi connectivity index (χ1) is 9.86. The number of nitrogens with zero attached hydrogens (tertiary/aromatic N) is 1. The van der Waals surface area contributed by atoms with E-state index in [1.165, 1.54) is 4.31 Å². The van der Waals surface area contributed by atoms with E-state index in [4.69, 9.17) is 5.11 Å². The van der Waals surface area contributed by atoms with E-state index in [2.05, 4.69) is 11.8 Å². The molecule has 0 bridgehead atoms. The summed E-state index contributed by atoms with van der Waals surface area (Å²) in [5, 5.41) is 8.76. The van der Waals surface area contributed by atoms with Crippen LogP contribution in [0.1, 0.15) is 31.4 Å². The van der Waals surface area contributed by atoms with Crippen molar-refractivity contribution in [2.24, 2.45) is 5.92 Å². The van der Waals surface area contributed by atoms with Crippen molar-refractivity contribution in [1.82, 2.24) is 4.31 Å². The van der Waals surface area contributed by atoms with Gasteiger partial charge >= 0.3 is 0 Å². The van der Waals surface area contributed by atoms with Gasteiger partial charge in [0.25, 0.3) is 0 Å². The normalized spacial score (nSPS) is 11.5. The Balaban J connectivity index is 2.91. The molecule has 0 aliphatic heterocycles. The fourth-order valence-electron chi connectivity index (χ4n) is 1.88. The Kier molecular flexibility index (Phi) is 6.90. The summed E-state index contributed by atoms with van der Waals surface area (Å²) in [6.07, 6.45) is 0.413. The fourth-order valence-corrected chi connectivity index (χ4v) is 3.31. The van der Waals surface area contributed by atoms with Crippen molar-refractivity contribution >= 4 is 10.0 Å². The first-order valence-electron chi connectivity index (χ1n) is 6.98. The van der Waals surface area contributed by atoms with Crippen molar-refractivity contribution < 1.29 is 13.5 Å². The molecule has 1 rings (SSSR count). The molecule has 0 aliphatic rings. The fraction of sp³-hybridized carbons (Fsp3) is 0.500. The summed E-state index contributed by atoms with van der Waals surface area (Å²) in [5.74, 6) is 6.08. The summed E-state index contributed by atoms with van der Waals surface area (Å²) >= 11 is 0. The van der Waals surface area contributed by atoms with Gasteiger partial charge in [-0.3, -0.25) is 0 Å². The van der Waals surface area contributed by atoms with Crippen molar-refractivity contribution in [3.63, 3.8) is 0 Å². The highest BCUT2D eigenvalue weighted by Crippen LogP contribution is 2.14. The number of rotatable bonds is 6. The van der Waals surface area contributed by atoms with Gasteiger partial charge in [0.05, 0.1) is 12.4 Å². The second kappa shape index (κ2) is 8.18. The maximum atomic E-state index is 12.2. The van der Waals surface area contributed by atoms with Gasteiger partial charge in [0.1, 0.15) is 0 Å². The van der Waals surface area contributed by atoms with Crippen molar-refractivity contribution in [3.8, 4) is 11.8 Å². The Morgan fingerprint density at radius 3 is 2.57 bits per heavy atom. The molecular formula is C16H23NO3S. The predicted octanol–water partition coefficient (Wildman–Crippen LogP) is 1.84. The zero-order valence-corrected chi connectivity index (χ0v) is 13.7. The monoisotopic (exact) mass is 309 g/mol.